The van der Waals surface area contributed by atoms with Crippen molar-refractivity contribution in [3.8, 4) is 17.4 Å². The predicted molar refractivity (Wildman–Crippen MR) is 104 cm³/mol. The molecule has 1 aromatic carbocycles. The lowest BCUT2D eigenvalue weighted by atomic mass is 10.2. The van der Waals surface area contributed by atoms with Gasteiger partial charge >= 0.3 is 5.69 Å². The molecule has 5 rings (SSSR count). The van der Waals surface area contributed by atoms with Gasteiger partial charge in [-0.2, -0.15) is 10.1 Å². The summed E-state index contributed by atoms with van der Waals surface area (Å²) < 4.78 is 48.2. The van der Waals surface area contributed by atoms with Crippen LogP contribution in [0.15, 0.2) is 35.4 Å². The summed E-state index contributed by atoms with van der Waals surface area (Å²) >= 11 is 0. The standard InChI is InChI=1S/C20H19F2N5O4/c1-25-9-14(7-23-25)31-19-15(21)4-12(5-16(19)22)10-30-17-6-18-26-2-3-29-11-13(26)8-27(18)20(28)24-17/h4-7,9,13H,2-3,8,10-11H2,1H3. The molecule has 1 fully saturated rings. The lowest BCUT2D eigenvalue weighted by Crippen LogP contribution is -2.43. The summed E-state index contributed by atoms with van der Waals surface area (Å²) in [5.41, 5.74) is -0.195. The minimum atomic E-state index is -0.874. The fourth-order valence-electron chi connectivity index (χ4n) is 3.80. The van der Waals surface area contributed by atoms with Gasteiger partial charge in [-0.3, -0.25) is 9.25 Å². The van der Waals surface area contributed by atoms with Gasteiger partial charge in [-0.15, -0.1) is 0 Å². The molecule has 0 saturated carbocycles. The zero-order valence-corrected chi connectivity index (χ0v) is 16.6. The highest BCUT2D eigenvalue weighted by atomic mass is 19.1. The summed E-state index contributed by atoms with van der Waals surface area (Å²) in [6, 6.07) is 3.99. The van der Waals surface area contributed by atoms with E-state index < -0.39 is 23.1 Å². The van der Waals surface area contributed by atoms with Crippen molar-refractivity contribution in [2.75, 3.05) is 24.7 Å². The first-order valence-electron chi connectivity index (χ1n) is 9.71. The van der Waals surface area contributed by atoms with E-state index in [0.717, 1.165) is 12.1 Å². The van der Waals surface area contributed by atoms with Gasteiger partial charge in [0, 0.05) is 19.7 Å². The molecule has 1 atom stereocenters. The molecule has 0 radical (unpaired) electrons. The number of rotatable bonds is 5. The zero-order valence-electron chi connectivity index (χ0n) is 16.6. The van der Waals surface area contributed by atoms with Crippen LogP contribution in [0.2, 0.25) is 0 Å². The number of anilines is 1. The molecular weight excluding hydrogens is 412 g/mol. The van der Waals surface area contributed by atoms with E-state index in [9.17, 15) is 13.6 Å². The first-order chi connectivity index (χ1) is 15.0. The highest BCUT2D eigenvalue weighted by molar-refractivity contribution is 5.47. The number of hydrogen-bond donors (Lipinski definition) is 0. The number of morpholine rings is 1. The van der Waals surface area contributed by atoms with Gasteiger partial charge in [-0.25, -0.2) is 13.6 Å². The largest absolute Gasteiger partial charge is 0.473 e. The molecule has 1 saturated heterocycles. The third-order valence-corrected chi connectivity index (χ3v) is 5.23. The Morgan fingerprint density at radius 2 is 2.06 bits per heavy atom. The predicted octanol–water partition coefficient (Wildman–Crippen LogP) is 1.85. The van der Waals surface area contributed by atoms with Crippen molar-refractivity contribution >= 4 is 5.82 Å². The van der Waals surface area contributed by atoms with Crippen LogP contribution in [0.4, 0.5) is 14.6 Å². The van der Waals surface area contributed by atoms with E-state index in [4.69, 9.17) is 14.2 Å². The fraction of sp³-hybridized carbons (Fsp3) is 0.350. The molecule has 0 aliphatic carbocycles. The van der Waals surface area contributed by atoms with Gasteiger partial charge < -0.3 is 19.1 Å². The maximum Gasteiger partial charge on any atom is 0.352 e. The van der Waals surface area contributed by atoms with Crippen molar-refractivity contribution in [1.82, 2.24) is 19.3 Å². The second kappa shape index (κ2) is 7.65. The second-order valence-electron chi connectivity index (χ2n) is 7.40. The molecule has 31 heavy (non-hydrogen) atoms. The normalized spacial score (nSPS) is 17.4. The van der Waals surface area contributed by atoms with Crippen LogP contribution >= 0.6 is 0 Å². The van der Waals surface area contributed by atoms with Crippen LogP contribution in [0.25, 0.3) is 0 Å². The molecule has 2 aromatic heterocycles. The molecule has 0 spiro atoms. The van der Waals surface area contributed by atoms with Crippen LogP contribution in [0.1, 0.15) is 5.56 Å². The summed E-state index contributed by atoms with van der Waals surface area (Å²) in [7, 11) is 1.66. The van der Waals surface area contributed by atoms with Crippen LogP contribution < -0.4 is 20.1 Å². The molecule has 3 aromatic rings. The molecule has 162 valence electrons. The number of ether oxygens (including phenoxy) is 3. The molecule has 4 heterocycles. The summed E-state index contributed by atoms with van der Waals surface area (Å²) in [4.78, 5) is 18.4. The lowest BCUT2D eigenvalue weighted by molar-refractivity contribution is 0.0956. The minimum absolute atomic E-state index is 0.0917. The van der Waals surface area contributed by atoms with E-state index in [1.54, 1.807) is 17.7 Å². The van der Waals surface area contributed by atoms with Crippen molar-refractivity contribution in [3.63, 3.8) is 0 Å². The molecule has 2 aliphatic rings. The first-order valence-corrected chi connectivity index (χ1v) is 9.71. The zero-order chi connectivity index (χ0) is 21.5. The van der Waals surface area contributed by atoms with E-state index >= 15 is 0 Å². The lowest BCUT2D eigenvalue weighted by Gasteiger charge is -2.30. The molecule has 0 bridgehead atoms. The third kappa shape index (κ3) is 3.72. The smallest absolute Gasteiger partial charge is 0.352 e. The van der Waals surface area contributed by atoms with E-state index in [1.807, 2.05) is 0 Å². The summed E-state index contributed by atoms with van der Waals surface area (Å²) in [6.07, 6.45) is 2.85. The Labute approximate surface area is 175 Å². The van der Waals surface area contributed by atoms with Crippen LogP contribution in [-0.2, 0) is 24.9 Å². The molecule has 0 amide bonds. The maximum absolute atomic E-state index is 14.4. The van der Waals surface area contributed by atoms with Crippen molar-refractivity contribution in [2.45, 2.75) is 19.2 Å². The van der Waals surface area contributed by atoms with Crippen molar-refractivity contribution in [2.24, 2.45) is 7.05 Å². The van der Waals surface area contributed by atoms with Gasteiger partial charge in [0.25, 0.3) is 0 Å². The topological polar surface area (TPSA) is 83.6 Å². The monoisotopic (exact) mass is 431 g/mol. The Morgan fingerprint density at radius 3 is 2.81 bits per heavy atom. The third-order valence-electron chi connectivity index (χ3n) is 5.23. The van der Waals surface area contributed by atoms with Crippen LogP contribution in [0.3, 0.4) is 0 Å². The Bertz CT molecular complexity index is 1170. The van der Waals surface area contributed by atoms with Gasteiger partial charge in [0.1, 0.15) is 12.4 Å². The number of aryl methyl sites for hydroxylation is 1. The Kier molecular flexibility index (Phi) is 4.81. The van der Waals surface area contributed by atoms with Gasteiger partial charge in [0.05, 0.1) is 38.2 Å². The summed E-state index contributed by atoms with van der Waals surface area (Å²) in [5, 5.41) is 3.89. The van der Waals surface area contributed by atoms with Gasteiger partial charge in [0.15, 0.2) is 23.1 Å². The van der Waals surface area contributed by atoms with E-state index in [-0.39, 0.29) is 29.8 Å². The van der Waals surface area contributed by atoms with E-state index in [1.165, 1.54) is 17.1 Å². The molecule has 1 unspecified atom stereocenters. The number of benzene rings is 1. The SMILES string of the molecule is Cn1cc(Oc2c(F)cc(COc3cc4n(c(=O)n3)CC3COCCN43)cc2F)cn1. The van der Waals surface area contributed by atoms with Crippen molar-refractivity contribution in [3.05, 3.63) is 58.3 Å². The highest BCUT2D eigenvalue weighted by Crippen LogP contribution is 2.30. The van der Waals surface area contributed by atoms with Crippen LogP contribution in [0, 0.1) is 11.6 Å². The molecule has 11 heteroatoms. The van der Waals surface area contributed by atoms with Crippen molar-refractivity contribution < 1.29 is 23.0 Å². The Morgan fingerprint density at radius 1 is 1.26 bits per heavy atom. The molecular formula is C20H19F2N5O4. The van der Waals surface area contributed by atoms with Gasteiger partial charge in [-0.05, 0) is 17.7 Å². The van der Waals surface area contributed by atoms with Crippen molar-refractivity contribution in [1.29, 1.82) is 0 Å². The number of aromatic nitrogens is 4. The first kappa shape index (κ1) is 19.5. The fourth-order valence-corrected chi connectivity index (χ4v) is 3.80. The van der Waals surface area contributed by atoms with Gasteiger partial charge in [0.2, 0.25) is 5.88 Å². The highest BCUT2D eigenvalue weighted by Gasteiger charge is 2.33. The van der Waals surface area contributed by atoms with E-state index in [2.05, 4.69) is 15.0 Å². The van der Waals surface area contributed by atoms with Gasteiger partial charge in [-0.1, -0.05) is 0 Å². The number of halogens is 2. The summed E-state index contributed by atoms with van der Waals surface area (Å²) in [6.45, 7) is 2.14. The van der Waals surface area contributed by atoms with E-state index in [0.29, 0.717) is 32.1 Å². The molecule has 0 N–H and O–H groups in total. The number of hydrogen-bond acceptors (Lipinski definition) is 7. The number of fused-ring (bicyclic) bond motifs is 3. The summed E-state index contributed by atoms with van der Waals surface area (Å²) in [5.74, 6) is -1.25. The minimum Gasteiger partial charge on any atom is -0.473 e. The Balaban J connectivity index is 1.32. The van der Waals surface area contributed by atoms with Crippen LogP contribution in [0.5, 0.6) is 17.4 Å². The quantitative estimate of drug-likeness (QED) is 0.610. The second-order valence-corrected chi connectivity index (χ2v) is 7.40. The average molecular weight is 431 g/mol. The maximum atomic E-state index is 14.4. The number of nitrogens with zero attached hydrogens (tertiary/aromatic N) is 5. The molecule has 2 aliphatic heterocycles. The van der Waals surface area contributed by atoms with Crippen LogP contribution in [-0.4, -0.2) is 45.1 Å². The average Bonchev–Trinajstić information content (AvgIpc) is 3.33. The molecule has 9 nitrogen and oxygen atoms in total. The Hall–Kier alpha value is -3.47.